The summed E-state index contributed by atoms with van der Waals surface area (Å²) in [6, 6.07) is 10.4. The van der Waals surface area contributed by atoms with Gasteiger partial charge in [0.15, 0.2) is 0 Å². The molecule has 1 unspecified atom stereocenters. The average Bonchev–Trinajstić information content (AvgIpc) is 3.23. The van der Waals surface area contributed by atoms with E-state index in [1.807, 2.05) is 19.1 Å². The van der Waals surface area contributed by atoms with Gasteiger partial charge in [-0.2, -0.15) is 0 Å². The van der Waals surface area contributed by atoms with Gasteiger partial charge in [0.05, 0.1) is 37.3 Å². The van der Waals surface area contributed by atoms with Gasteiger partial charge in [-0.3, -0.25) is 9.52 Å². The van der Waals surface area contributed by atoms with E-state index in [1.165, 1.54) is 23.1 Å². The summed E-state index contributed by atoms with van der Waals surface area (Å²) in [6.45, 7) is 4.39. The molecule has 2 bridgehead atoms. The summed E-state index contributed by atoms with van der Waals surface area (Å²) in [5.41, 5.74) is 3.30. The fourth-order valence-corrected chi connectivity index (χ4v) is 10.6. The molecule has 14 heteroatoms. The first-order valence-electron chi connectivity index (χ1n) is 18.2. The number of anilines is 1. The van der Waals surface area contributed by atoms with Gasteiger partial charge in [0.2, 0.25) is 0 Å². The average molecular weight is 754 g/mol. The SMILES string of the molecule is COC(=O)N1CC(NC(=O)NS2(=O)=NC(=O)c3ccc4c(c3)N(C[C@@H]3CC[C@H]3[C@@H](OC)/C=C\C[C@H](C)C2)C[C@@]2(CCCc3cc(Cl)ccc32)CO4)C1. The third kappa shape index (κ3) is 7.49. The Bertz CT molecular complexity index is 1880. The molecule has 1 saturated heterocycles. The number of allylic oxidation sites excluding steroid dienone is 1. The lowest BCUT2D eigenvalue weighted by molar-refractivity contribution is 0.0131. The van der Waals surface area contributed by atoms with Crippen LogP contribution in [0.2, 0.25) is 5.02 Å². The number of benzene rings is 2. The molecule has 280 valence electrons. The van der Waals surface area contributed by atoms with Crippen LogP contribution in [0.25, 0.3) is 0 Å². The first-order chi connectivity index (χ1) is 25.0. The van der Waals surface area contributed by atoms with Crippen LogP contribution in [0.4, 0.5) is 15.3 Å². The molecule has 6 atom stereocenters. The molecule has 1 spiro atoms. The van der Waals surface area contributed by atoms with Crippen LogP contribution < -0.4 is 19.7 Å². The van der Waals surface area contributed by atoms with Crippen LogP contribution >= 0.6 is 11.6 Å². The Labute approximate surface area is 310 Å². The van der Waals surface area contributed by atoms with E-state index >= 15 is 0 Å². The van der Waals surface area contributed by atoms with Crippen molar-refractivity contribution in [2.45, 2.75) is 63.0 Å². The first-order valence-corrected chi connectivity index (χ1v) is 20.2. The van der Waals surface area contributed by atoms with E-state index in [1.54, 1.807) is 19.2 Å². The van der Waals surface area contributed by atoms with Crippen molar-refractivity contribution in [1.29, 1.82) is 0 Å². The zero-order valence-corrected chi connectivity index (χ0v) is 31.5. The highest BCUT2D eigenvalue weighted by Gasteiger charge is 2.44. The zero-order chi connectivity index (χ0) is 36.6. The molecular formula is C38H48ClN5O7S. The summed E-state index contributed by atoms with van der Waals surface area (Å²) in [6.07, 6.45) is 9.22. The molecule has 1 saturated carbocycles. The molecule has 2 N–H and O–H groups in total. The van der Waals surface area contributed by atoms with Crippen molar-refractivity contribution in [2.75, 3.05) is 57.7 Å². The Hall–Kier alpha value is -3.81. The predicted octanol–water partition coefficient (Wildman–Crippen LogP) is 5.72. The van der Waals surface area contributed by atoms with Crippen molar-refractivity contribution in [3.63, 3.8) is 0 Å². The second kappa shape index (κ2) is 14.9. The highest BCUT2D eigenvalue weighted by molar-refractivity contribution is 7.92. The number of halogens is 1. The first kappa shape index (κ1) is 36.5. The number of nitrogens with zero attached hydrogens (tertiary/aromatic N) is 3. The summed E-state index contributed by atoms with van der Waals surface area (Å²) in [5.74, 6) is 0.482. The Morgan fingerprint density at radius 2 is 1.94 bits per heavy atom. The van der Waals surface area contributed by atoms with E-state index in [0.717, 1.165) is 49.4 Å². The van der Waals surface area contributed by atoms with Gasteiger partial charge in [0.1, 0.15) is 15.7 Å². The zero-order valence-electron chi connectivity index (χ0n) is 30.0. The van der Waals surface area contributed by atoms with Gasteiger partial charge in [-0.25, -0.2) is 13.8 Å². The normalized spacial score (nSPS) is 31.0. The van der Waals surface area contributed by atoms with Crippen molar-refractivity contribution in [1.82, 2.24) is 14.9 Å². The number of urea groups is 1. The minimum atomic E-state index is -3.57. The number of nitrogens with one attached hydrogen (secondary N) is 2. The smallest absolute Gasteiger partial charge is 0.409 e. The van der Waals surface area contributed by atoms with Crippen molar-refractivity contribution in [3.05, 3.63) is 70.3 Å². The molecule has 12 nitrogen and oxygen atoms in total. The minimum Gasteiger partial charge on any atom is -0.490 e. The molecule has 52 heavy (non-hydrogen) atoms. The molecule has 7 rings (SSSR count). The third-order valence-electron chi connectivity index (χ3n) is 11.4. The van der Waals surface area contributed by atoms with E-state index in [9.17, 15) is 18.6 Å². The van der Waals surface area contributed by atoms with Crippen LogP contribution in [0.15, 0.2) is 52.9 Å². The maximum atomic E-state index is 14.4. The second-order valence-corrected chi connectivity index (χ2v) is 17.5. The van der Waals surface area contributed by atoms with Gasteiger partial charge in [0.25, 0.3) is 5.91 Å². The number of amides is 4. The monoisotopic (exact) mass is 753 g/mol. The van der Waals surface area contributed by atoms with Gasteiger partial charge in [-0.1, -0.05) is 36.7 Å². The predicted molar refractivity (Wildman–Crippen MR) is 199 cm³/mol. The van der Waals surface area contributed by atoms with E-state index in [2.05, 4.69) is 43.6 Å². The number of carbonyl (C=O) groups excluding carboxylic acids is 3. The van der Waals surface area contributed by atoms with E-state index < -0.39 is 27.9 Å². The topological polar surface area (TPSA) is 139 Å². The number of rotatable bonds is 3. The number of likely N-dealkylation sites (tertiary alicyclic amines) is 1. The third-order valence-corrected chi connectivity index (χ3v) is 13.6. The fraction of sp³-hybridized carbons (Fsp3) is 0.553. The molecule has 2 aromatic carbocycles. The van der Waals surface area contributed by atoms with Gasteiger partial charge in [0, 0.05) is 49.3 Å². The number of fused-ring (bicyclic) bond motifs is 4. The van der Waals surface area contributed by atoms with Crippen LogP contribution in [-0.2, 0) is 31.2 Å². The number of carbonyl (C=O) groups is 3. The maximum Gasteiger partial charge on any atom is 0.409 e. The molecule has 2 aromatic rings. The number of hydrogen-bond acceptors (Lipinski definition) is 8. The lowest BCUT2D eigenvalue weighted by Crippen LogP contribution is -2.62. The van der Waals surface area contributed by atoms with Crippen molar-refractivity contribution in [2.24, 2.45) is 22.1 Å². The molecule has 5 aliphatic rings. The molecule has 0 radical (unpaired) electrons. The van der Waals surface area contributed by atoms with Crippen molar-refractivity contribution >= 4 is 45.2 Å². The number of hydrogen-bond donors (Lipinski definition) is 2. The Morgan fingerprint density at radius 3 is 2.69 bits per heavy atom. The summed E-state index contributed by atoms with van der Waals surface area (Å²) in [7, 11) is -0.526. The number of aryl methyl sites for hydroxylation is 1. The molecule has 4 amide bonds. The van der Waals surface area contributed by atoms with Crippen LogP contribution in [0.3, 0.4) is 0 Å². The largest absolute Gasteiger partial charge is 0.490 e. The lowest BCUT2D eigenvalue weighted by Gasteiger charge is -2.46. The summed E-state index contributed by atoms with van der Waals surface area (Å²) in [5, 5.41) is 3.47. The second-order valence-electron chi connectivity index (χ2n) is 15.1. The summed E-state index contributed by atoms with van der Waals surface area (Å²) < 4.78 is 38.6. The standard InChI is InChI=1S/C38H48ClN5O7S/c1-24-6-4-8-33(49-2)30-12-9-27(30)18-44-22-38(15-5-7-25-16-28(39)11-13-31(25)38)23-51-34-14-10-26(17-32(34)44)35(45)41-52(48,21-24)42-36(46)40-29-19-43(20-29)37(47)50-3/h4,8,10-11,13-14,16-17,24,27,29-30,33H,5-7,9,12,15,18-23H2,1-3H3,(H2,40,41,42,45,46,48)/b8-4-/t24-,27-,30+,33-,38-,52?/m0/s1. The van der Waals surface area contributed by atoms with Gasteiger partial charge < -0.3 is 29.3 Å². The number of ether oxygens (including phenoxy) is 3. The molecule has 3 heterocycles. The highest BCUT2D eigenvalue weighted by Crippen LogP contribution is 2.47. The van der Waals surface area contributed by atoms with Crippen LogP contribution in [0, 0.1) is 17.8 Å². The number of methoxy groups -OCH3 is 2. The van der Waals surface area contributed by atoms with Gasteiger partial charge in [-0.05, 0) is 97.7 Å². The van der Waals surface area contributed by atoms with Crippen molar-refractivity contribution in [3.8, 4) is 5.75 Å². The Kier molecular flexibility index (Phi) is 10.5. The molecule has 2 fully saturated rings. The van der Waals surface area contributed by atoms with E-state index in [4.69, 9.17) is 25.8 Å². The minimum absolute atomic E-state index is 0.0364. The molecule has 2 aliphatic carbocycles. The van der Waals surface area contributed by atoms with Crippen LogP contribution in [0.5, 0.6) is 5.75 Å². The lowest BCUT2D eigenvalue weighted by atomic mass is 9.68. The highest BCUT2D eigenvalue weighted by atomic mass is 35.5. The quantitative estimate of drug-likeness (QED) is 0.380. The Balaban J connectivity index is 1.23. The van der Waals surface area contributed by atoms with Gasteiger partial charge >= 0.3 is 12.1 Å². The molecule has 3 aliphatic heterocycles. The Morgan fingerprint density at radius 1 is 1.12 bits per heavy atom. The molecule has 0 aromatic heterocycles. The summed E-state index contributed by atoms with van der Waals surface area (Å²) in [4.78, 5) is 42.6. The molecular weight excluding hydrogens is 706 g/mol. The van der Waals surface area contributed by atoms with Gasteiger partial charge in [-0.15, -0.1) is 4.36 Å². The van der Waals surface area contributed by atoms with E-state index in [-0.39, 0.29) is 47.9 Å². The van der Waals surface area contributed by atoms with Crippen LogP contribution in [0.1, 0.15) is 60.5 Å². The van der Waals surface area contributed by atoms with Crippen molar-refractivity contribution < 1.29 is 32.8 Å². The maximum absolute atomic E-state index is 14.4. The fourth-order valence-electron chi connectivity index (χ4n) is 8.58. The van der Waals surface area contributed by atoms with E-state index in [0.29, 0.717) is 37.2 Å². The van der Waals surface area contributed by atoms with Crippen LogP contribution in [-0.4, -0.2) is 92.0 Å². The summed E-state index contributed by atoms with van der Waals surface area (Å²) >= 11 is 6.45.